The molecule has 9 nitrogen and oxygen atoms in total. The predicted molar refractivity (Wildman–Crippen MR) is 160 cm³/mol. The van der Waals surface area contributed by atoms with Crippen molar-refractivity contribution in [3.05, 3.63) is 81.4 Å². The number of likely N-dealkylation sites (N-methyl/N-ethyl adjacent to an activating group) is 1. The molecule has 212 valence electrons. The Balaban J connectivity index is 1.33. The third-order valence-electron chi connectivity index (χ3n) is 9.30. The Morgan fingerprint density at radius 3 is 2.76 bits per heavy atom. The average molecular weight is 552 g/mol. The van der Waals surface area contributed by atoms with E-state index in [-0.39, 0.29) is 17.5 Å². The van der Waals surface area contributed by atoms with Crippen LogP contribution >= 0.6 is 0 Å². The summed E-state index contributed by atoms with van der Waals surface area (Å²) in [4.78, 5) is 30.2. The van der Waals surface area contributed by atoms with Crippen molar-refractivity contribution in [1.82, 2.24) is 29.2 Å². The van der Waals surface area contributed by atoms with Gasteiger partial charge in [0.15, 0.2) is 11.5 Å². The van der Waals surface area contributed by atoms with Crippen molar-refractivity contribution in [3.8, 4) is 5.82 Å². The lowest BCUT2D eigenvalue weighted by molar-refractivity contribution is 0.0553. The molecule has 2 N–H and O–H groups in total. The zero-order chi connectivity index (χ0) is 28.5. The first kappa shape index (κ1) is 26.1. The number of aryl methyl sites for hydroxylation is 2. The van der Waals surface area contributed by atoms with E-state index in [1.54, 1.807) is 28.6 Å². The van der Waals surface area contributed by atoms with Crippen molar-refractivity contribution in [2.45, 2.75) is 77.0 Å². The van der Waals surface area contributed by atoms with E-state index in [4.69, 9.17) is 9.97 Å². The molecule has 4 heterocycles. The van der Waals surface area contributed by atoms with Crippen LogP contribution in [0.25, 0.3) is 16.9 Å². The van der Waals surface area contributed by atoms with Gasteiger partial charge in [-0.15, -0.1) is 6.58 Å². The van der Waals surface area contributed by atoms with Gasteiger partial charge in [0.25, 0.3) is 5.56 Å². The maximum atomic E-state index is 13.4. The monoisotopic (exact) mass is 551 g/mol. The van der Waals surface area contributed by atoms with Crippen LogP contribution in [0.4, 0.5) is 11.6 Å². The first-order valence-electron chi connectivity index (χ1n) is 14.7. The molecule has 9 heteroatoms. The largest absolute Gasteiger partial charge is 0.384 e. The van der Waals surface area contributed by atoms with Crippen molar-refractivity contribution in [3.63, 3.8) is 0 Å². The second-order valence-electron chi connectivity index (χ2n) is 12.4. The van der Waals surface area contributed by atoms with E-state index >= 15 is 0 Å². The Hall–Kier alpha value is -3.82. The molecule has 0 amide bonds. The van der Waals surface area contributed by atoms with E-state index in [0.717, 1.165) is 43.7 Å². The van der Waals surface area contributed by atoms with Gasteiger partial charge in [0.05, 0.1) is 12.2 Å². The molecule has 0 radical (unpaired) electrons. The zero-order valence-electron chi connectivity index (χ0n) is 24.1. The van der Waals surface area contributed by atoms with E-state index in [1.165, 1.54) is 29.5 Å². The molecule has 0 saturated heterocycles. The van der Waals surface area contributed by atoms with Crippen molar-refractivity contribution < 1.29 is 5.11 Å². The summed E-state index contributed by atoms with van der Waals surface area (Å²) in [6.07, 6.45) is 8.16. The average Bonchev–Trinajstić information content (AvgIpc) is 3.40. The summed E-state index contributed by atoms with van der Waals surface area (Å²) >= 11 is 0. The van der Waals surface area contributed by atoms with Gasteiger partial charge in [0.1, 0.15) is 11.0 Å². The molecule has 7 rings (SSSR count). The maximum Gasteiger partial charge on any atom is 0.278 e. The summed E-state index contributed by atoms with van der Waals surface area (Å²) in [5.41, 5.74) is 6.41. The number of nitrogens with zero attached hydrogens (tertiary/aromatic N) is 6. The summed E-state index contributed by atoms with van der Waals surface area (Å²) in [6.45, 7) is 13.7. The fourth-order valence-electron chi connectivity index (χ4n) is 7.40. The summed E-state index contributed by atoms with van der Waals surface area (Å²) in [6, 6.07) is 8.38. The van der Waals surface area contributed by atoms with Crippen LogP contribution in [-0.4, -0.2) is 47.4 Å². The highest BCUT2D eigenvalue weighted by Gasteiger charge is 2.39. The molecule has 41 heavy (non-hydrogen) atoms. The van der Waals surface area contributed by atoms with Gasteiger partial charge in [-0.3, -0.25) is 9.69 Å². The van der Waals surface area contributed by atoms with Crippen LogP contribution in [0, 0.1) is 0 Å². The van der Waals surface area contributed by atoms with Gasteiger partial charge in [-0.1, -0.05) is 26.0 Å². The van der Waals surface area contributed by atoms with E-state index in [9.17, 15) is 9.90 Å². The molecular weight excluding hydrogens is 514 g/mol. The number of allylic oxidation sites excluding steroid dienone is 1. The molecule has 3 aromatic heterocycles. The Morgan fingerprint density at radius 1 is 1.12 bits per heavy atom. The second-order valence-corrected chi connectivity index (χ2v) is 12.4. The molecule has 0 fully saturated rings. The number of benzene rings is 1. The lowest BCUT2D eigenvalue weighted by Crippen LogP contribution is -2.45. The zero-order valence-corrected chi connectivity index (χ0v) is 24.1. The highest BCUT2D eigenvalue weighted by molar-refractivity contribution is 5.77. The van der Waals surface area contributed by atoms with Crippen LogP contribution in [0.15, 0.2) is 47.9 Å². The van der Waals surface area contributed by atoms with Gasteiger partial charge >= 0.3 is 0 Å². The normalized spacial score (nSPS) is 23.4. The topological polar surface area (TPSA) is 101 Å². The number of fused-ring (bicyclic) bond motifs is 2. The number of anilines is 2. The van der Waals surface area contributed by atoms with Crippen LogP contribution in [0.5, 0.6) is 0 Å². The smallest absolute Gasteiger partial charge is 0.278 e. The lowest BCUT2D eigenvalue weighted by Gasteiger charge is -2.46. The fraction of sp³-hybridized carbons (Fsp3) is 0.438. The predicted octanol–water partition coefficient (Wildman–Crippen LogP) is 4.49. The minimum absolute atomic E-state index is 0.197. The number of hydrogen-bond donors (Lipinski definition) is 2. The van der Waals surface area contributed by atoms with Crippen molar-refractivity contribution >= 4 is 22.7 Å². The third-order valence-corrected chi connectivity index (χ3v) is 9.30. The van der Waals surface area contributed by atoms with E-state index < -0.39 is 5.60 Å². The van der Waals surface area contributed by atoms with Gasteiger partial charge in [-0.25, -0.2) is 19.3 Å². The molecule has 4 aromatic rings. The fourth-order valence-corrected chi connectivity index (χ4v) is 7.40. The Bertz CT molecular complexity index is 1770. The number of aromatic nitrogens is 5. The molecule has 2 atom stereocenters. The minimum atomic E-state index is -1.00. The van der Waals surface area contributed by atoms with Gasteiger partial charge < -0.3 is 10.4 Å². The second kappa shape index (κ2) is 9.36. The highest BCUT2D eigenvalue weighted by atomic mass is 16.3. The molecule has 0 spiro atoms. The molecular formula is C32H37N7O2. The first-order chi connectivity index (χ1) is 19.7. The number of hydrogen-bond acceptors (Lipinski definition) is 7. The Morgan fingerprint density at radius 2 is 1.95 bits per heavy atom. The third kappa shape index (κ3) is 4.13. The summed E-state index contributed by atoms with van der Waals surface area (Å²) < 4.78 is 3.29. The SMILES string of the molecule is C=CCn1c(=O)c2cnc(Nc3cc4c5c(c3)CN(CC)C[C@@]5(C)CCC4)nc2n1-c1ccc2c(n1)[C@](C)(O)CC2. The van der Waals surface area contributed by atoms with Crippen LogP contribution in [0.2, 0.25) is 0 Å². The van der Waals surface area contributed by atoms with Crippen LogP contribution < -0.4 is 10.9 Å². The summed E-state index contributed by atoms with van der Waals surface area (Å²) in [5, 5.41) is 14.8. The molecule has 3 aliphatic rings. The number of aliphatic hydroxyl groups is 1. The van der Waals surface area contributed by atoms with Crippen molar-refractivity contribution in [1.29, 1.82) is 0 Å². The molecule has 1 aliphatic heterocycles. The lowest BCUT2D eigenvalue weighted by atomic mass is 9.67. The molecule has 0 saturated carbocycles. The maximum absolute atomic E-state index is 13.4. The van der Waals surface area contributed by atoms with Crippen molar-refractivity contribution in [2.24, 2.45) is 0 Å². The Labute approximate surface area is 239 Å². The summed E-state index contributed by atoms with van der Waals surface area (Å²) in [7, 11) is 0. The first-order valence-corrected chi connectivity index (χ1v) is 14.7. The highest BCUT2D eigenvalue weighted by Crippen LogP contribution is 2.44. The summed E-state index contributed by atoms with van der Waals surface area (Å²) in [5.74, 6) is 0.950. The molecule has 0 unspecified atom stereocenters. The van der Waals surface area contributed by atoms with E-state index in [0.29, 0.717) is 34.9 Å². The minimum Gasteiger partial charge on any atom is -0.384 e. The number of pyridine rings is 1. The van der Waals surface area contributed by atoms with E-state index in [2.05, 4.69) is 47.8 Å². The van der Waals surface area contributed by atoms with E-state index in [1.807, 2.05) is 12.1 Å². The van der Waals surface area contributed by atoms with Gasteiger partial charge in [0, 0.05) is 30.4 Å². The van der Waals surface area contributed by atoms with Crippen molar-refractivity contribution in [2.75, 3.05) is 18.4 Å². The van der Waals surface area contributed by atoms with Gasteiger partial charge in [-0.05, 0) is 86.0 Å². The van der Waals surface area contributed by atoms with Crippen LogP contribution in [-0.2, 0) is 36.9 Å². The quantitative estimate of drug-likeness (QED) is 0.341. The molecule has 1 aromatic carbocycles. The molecule has 2 aliphatic carbocycles. The number of nitrogens with one attached hydrogen (secondary N) is 1. The van der Waals surface area contributed by atoms with Gasteiger partial charge in [-0.2, -0.15) is 4.98 Å². The van der Waals surface area contributed by atoms with Crippen LogP contribution in [0.1, 0.15) is 68.0 Å². The Kier molecular flexibility index (Phi) is 5.96. The molecule has 0 bridgehead atoms. The number of rotatable bonds is 6. The standard InChI is InChI=1S/C32H37N7O2/c1-5-14-38-29(40)24-17-33-30(36-28(24)39(38)25-10-9-20-11-13-32(4,41)27(20)35-25)34-23-15-21-8-7-12-31(3)19-37(6-2)18-22(16-23)26(21)31/h5,9-10,15-17,41H,1,6-8,11-14,18-19H2,2-4H3,(H,33,34,36)/t31-,32-/m1/s1. The van der Waals surface area contributed by atoms with Crippen LogP contribution in [0.3, 0.4) is 0 Å². The van der Waals surface area contributed by atoms with Gasteiger partial charge in [0.2, 0.25) is 5.95 Å².